The number of benzene rings is 1. The van der Waals surface area contributed by atoms with Crippen LogP contribution in [-0.4, -0.2) is 13.6 Å². The lowest BCUT2D eigenvalue weighted by Crippen LogP contribution is -2.32. The van der Waals surface area contributed by atoms with Crippen molar-refractivity contribution in [2.45, 2.75) is 46.5 Å². The molecule has 1 heterocycles. The minimum Gasteiger partial charge on any atom is -0.374 e. The summed E-state index contributed by atoms with van der Waals surface area (Å²) < 4.78 is 0. The largest absolute Gasteiger partial charge is 0.374 e. The highest BCUT2D eigenvalue weighted by molar-refractivity contribution is 5.58. The van der Waals surface area contributed by atoms with Gasteiger partial charge in [-0.05, 0) is 41.4 Å². The highest BCUT2D eigenvalue weighted by Crippen LogP contribution is 2.45. The van der Waals surface area contributed by atoms with E-state index >= 15 is 0 Å². The van der Waals surface area contributed by atoms with Gasteiger partial charge in [-0.25, -0.2) is 0 Å². The molecule has 1 nitrogen and oxygen atoms in total. The maximum atomic E-state index is 2.43. The topological polar surface area (TPSA) is 3.24 Å². The minimum absolute atomic E-state index is 0.363. The smallest absolute Gasteiger partial charge is 0.0399 e. The fraction of sp³-hybridized carbons (Fsp3) is 0.625. The van der Waals surface area contributed by atoms with E-state index in [1.165, 1.54) is 24.2 Å². The Morgan fingerprint density at radius 3 is 2.59 bits per heavy atom. The Labute approximate surface area is 106 Å². The molecule has 1 heteroatoms. The lowest BCUT2D eigenvalue weighted by Gasteiger charge is -2.40. The molecular weight excluding hydrogens is 206 g/mol. The van der Waals surface area contributed by atoms with E-state index in [0.29, 0.717) is 11.3 Å². The Bertz CT molecular complexity index is 400. The van der Waals surface area contributed by atoms with E-state index in [4.69, 9.17) is 0 Å². The van der Waals surface area contributed by atoms with Gasteiger partial charge in [-0.1, -0.05) is 39.8 Å². The summed E-state index contributed by atoms with van der Waals surface area (Å²) in [7, 11) is 2.21. The van der Waals surface area contributed by atoms with Gasteiger partial charge in [-0.15, -0.1) is 0 Å². The molecule has 1 atom stereocenters. The van der Waals surface area contributed by atoms with Gasteiger partial charge in [-0.3, -0.25) is 0 Å². The molecule has 0 aromatic heterocycles. The van der Waals surface area contributed by atoms with Crippen LogP contribution in [0.25, 0.3) is 0 Å². The third-order valence-corrected chi connectivity index (χ3v) is 4.09. The maximum Gasteiger partial charge on any atom is 0.0399 e. The fourth-order valence-electron chi connectivity index (χ4n) is 2.95. The fourth-order valence-corrected chi connectivity index (χ4v) is 2.95. The second kappa shape index (κ2) is 4.36. The molecule has 0 amide bonds. The van der Waals surface area contributed by atoms with E-state index in [-0.39, 0.29) is 0 Å². The first-order chi connectivity index (χ1) is 7.93. The molecule has 2 rings (SSSR count). The van der Waals surface area contributed by atoms with E-state index in [0.717, 1.165) is 6.42 Å². The van der Waals surface area contributed by atoms with Crippen LogP contribution in [0.4, 0.5) is 5.69 Å². The first-order valence-electron chi connectivity index (χ1n) is 6.77. The Morgan fingerprint density at radius 2 is 2.00 bits per heavy atom. The van der Waals surface area contributed by atoms with Crippen LogP contribution < -0.4 is 4.90 Å². The zero-order chi connectivity index (χ0) is 12.6. The van der Waals surface area contributed by atoms with Crippen molar-refractivity contribution in [2.24, 2.45) is 5.41 Å². The van der Waals surface area contributed by atoms with Crippen molar-refractivity contribution in [1.82, 2.24) is 0 Å². The maximum absolute atomic E-state index is 2.43. The summed E-state index contributed by atoms with van der Waals surface area (Å²) in [6, 6.07) is 7.02. The van der Waals surface area contributed by atoms with Crippen LogP contribution in [-0.2, 0) is 6.42 Å². The van der Waals surface area contributed by atoms with Crippen LogP contribution in [0.1, 0.15) is 51.2 Å². The van der Waals surface area contributed by atoms with E-state index < -0.39 is 0 Å². The summed E-state index contributed by atoms with van der Waals surface area (Å²) in [6.07, 6.45) is 2.41. The second-order valence-corrected chi connectivity index (χ2v) is 6.38. The van der Waals surface area contributed by atoms with Crippen LogP contribution in [0.3, 0.4) is 0 Å². The van der Waals surface area contributed by atoms with Crippen LogP contribution in [0, 0.1) is 5.41 Å². The van der Waals surface area contributed by atoms with Gasteiger partial charge in [0, 0.05) is 19.3 Å². The number of aryl methyl sites for hydroxylation is 1. The molecule has 1 aliphatic rings. The van der Waals surface area contributed by atoms with Crippen LogP contribution in [0.5, 0.6) is 0 Å². The average Bonchev–Trinajstić information content (AvgIpc) is 2.27. The Morgan fingerprint density at radius 1 is 1.29 bits per heavy atom. The van der Waals surface area contributed by atoms with Crippen molar-refractivity contribution >= 4 is 5.69 Å². The van der Waals surface area contributed by atoms with Gasteiger partial charge in [0.1, 0.15) is 0 Å². The van der Waals surface area contributed by atoms with Crippen LogP contribution >= 0.6 is 0 Å². The summed E-state index contributed by atoms with van der Waals surface area (Å²) >= 11 is 0. The molecule has 0 saturated heterocycles. The Kier molecular flexibility index (Phi) is 3.20. The molecule has 0 aliphatic carbocycles. The molecule has 1 aliphatic heterocycles. The van der Waals surface area contributed by atoms with Crippen molar-refractivity contribution < 1.29 is 0 Å². The zero-order valence-electron chi connectivity index (χ0n) is 11.9. The SMILES string of the molecule is CCc1ccc2c(c1)C(C(C)(C)C)CCN2C. The van der Waals surface area contributed by atoms with Crippen LogP contribution in [0.2, 0.25) is 0 Å². The van der Waals surface area contributed by atoms with E-state index in [9.17, 15) is 0 Å². The van der Waals surface area contributed by atoms with Gasteiger partial charge in [0.2, 0.25) is 0 Å². The van der Waals surface area contributed by atoms with E-state index in [1.54, 1.807) is 5.56 Å². The van der Waals surface area contributed by atoms with Gasteiger partial charge in [-0.2, -0.15) is 0 Å². The van der Waals surface area contributed by atoms with Gasteiger partial charge in [0.25, 0.3) is 0 Å². The van der Waals surface area contributed by atoms with Crippen molar-refractivity contribution in [2.75, 3.05) is 18.5 Å². The number of hydrogen-bond donors (Lipinski definition) is 0. The molecule has 0 bridgehead atoms. The second-order valence-electron chi connectivity index (χ2n) is 6.38. The highest BCUT2D eigenvalue weighted by atomic mass is 15.1. The first kappa shape index (κ1) is 12.5. The van der Waals surface area contributed by atoms with Crippen molar-refractivity contribution in [1.29, 1.82) is 0 Å². The molecule has 1 aromatic carbocycles. The number of nitrogens with zero attached hydrogens (tertiary/aromatic N) is 1. The normalized spacial score (nSPS) is 20.3. The third-order valence-electron chi connectivity index (χ3n) is 4.09. The molecule has 1 unspecified atom stereocenters. The molecule has 0 N–H and O–H groups in total. The molecule has 1 aromatic rings. The molecule has 0 saturated carbocycles. The summed E-state index contributed by atoms with van der Waals surface area (Å²) in [4.78, 5) is 2.40. The number of rotatable bonds is 1. The van der Waals surface area contributed by atoms with Gasteiger partial charge >= 0.3 is 0 Å². The van der Waals surface area contributed by atoms with Crippen molar-refractivity contribution in [3.8, 4) is 0 Å². The summed E-state index contributed by atoms with van der Waals surface area (Å²) in [5, 5.41) is 0. The molecule has 17 heavy (non-hydrogen) atoms. The summed E-state index contributed by atoms with van der Waals surface area (Å²) in [5.41, 5.74) is 4.83. The van der Waals surface area contributed by atoms with Gasteiger partial charge < -0.3 is 4.90 Å². The monoisotopic (exact) mass is 231 g/mol. The van der Waals surface area contributed by atoms with Crippen LogP contribution in [0.15, 0.2) is 18.2 Å². The first-order valence-corrected chi connectivity index (χ1v) is 6.77. The van der Waals surface area contributed by atoms with Crippen molar-refractivity contribution in [3.05, 3.63) is 29.3 Å². The molecule has 94 valence electrons. The van der Waals surface area contributed by atoms with Gasteiger partial charge in [0.05, 0.1) is 0 Å². The van der Waals surface area contributed by atoms with E-state index in [1.807, 2.05) is 0 Å². The molecule has 0 spiro atoms. The van der Waals surface area contributed by atoms with E-state index in [2.05, 4.69) is 57.8 Å². The summed E-state index contributed by atoms with van der Waals surface area (Å²) in [5.74, 6) is 0.695. The average molecular weight is 231 g/mol. The Hall–Kier alpha value is -0.980. The number of anilines is 1. The quantitative estimate of drug-likeness (QED) is 0.699. The number of fused-ring (bicyclic) bond motifs is 1. The molecule has 0 fully saturated rings. The zero-order valence-corrected chi connectivity index (χ0v) is 11.9. The predicted octanol–water partition coefficient (Wildman–Crippen LogP) is 4.22. The standard InChI is InChI=1S/C16H25N/c1-6-12-7-8-15-13(11-12)14(16(2,3)4)9-10-17(15)5/h7-8,11,14H,6,9-10H2,1-5H3. The molecular formula is C16H25N. The van der Waals surface area contributed by atoms with Crippen molar-refractivity contribution in [3.63, 3.8) is 0 Å². The highest BCUT2D eigenvalue weighted by Gasteiger charge is 2.32. The third kappa shape index (κ3) is 2.34. The molecule has 0 radical (unpaired) electrons. The number of hydrogen-bond acceptors (Lipinski definition) is 1. The van der Waals surface area contributed by atoms with Gasteiger partial charge in [0.15, 0.2) is 0 Å². The Balaban J connectivity index is 2.49. The predicted molar refractivity (Wildman–Crippen MR) is 75.9 cm³/mol. The lowest BCUT2D eigenvalue weighted by atomic mass is 9.72. The minimum atomic E-state index is 0.363. The summed E-state index contributed by atoms with van der Waals surface area (Å²) in [6.45, 7) is 10.5. The lowest BCUT2D eigenvalue weighted by molar-refractivity contribution is 0.300.